The first-order valence-corrected chi connectivity index (χ1v) is 6.09. The highest BCUT2D eigenvalue weighted by Gasteiger charge is 2.13. The van der Waals surface area contributed by atoms with Crippen molar-refractivity contribution in [2.75, 3.05) is 0 Å². The van der Waals surface area contributed by atoms with E-state index in [0.717, 1.165) is 11.1 Å². The average Bonchev–Trinajstić information content (AvgIpc) is 2.66. The molecule has 0 aliphatic rings. The molecule has 1 atom stereocenters. The predicted molar refractivity (Wildman–Crippen MR) is 67.5 cm³/mol. The fraction of sp³-hybridized carbons (Fsp3) is 0.182. The lowest BCUT2D eigenvalue weighted by atomic mass is 10.0. The Kier molecular flexibility index (Phi) is 3.56. The summed E-state index contributed by atoms with van der Waals surface area (Å²) in [6.45, 7) is 2.07. The first-order chi connectivity index (χ1) is 7.70. The maximum atomic E-state index is 5.86. The second-order valence-electron chi connectivity index (χ2n) is 3.50. The van der Waals surface area contributed by atoms with Crippen LogP contribution in [0.25, 0.3) is 0 Å². The molecule has 0 aromatic carbocycles. The van der Waals surface area contributed by atoms with Crippen molar-refractivity contribution in [3.8, 4) is 0 Å². The van der Waals surface area contributed by atoms with Crippen molar-refractivity contribution < 1.29 is 0 Å². The molecule has 0 bridgehead atoms. The first kappa shape index (κ1) is 11.5. The maximum Gasteiger partial charge on any atom is 0.129 e. The highest BCUT2D eigenvalue weighted by molar-refractivity contribution is 7.10. The van der Waals surface area contributed by atoms with Gasteiger partial charge in [0.15, 0.2) is 0 Å². The number of nitrogens with two attached hydrogens (primary N) is 1. The lowest BCUT2D eigenvalue weighted by Gasteiger charge is -2.14. The van der Waals surface area contributed by atoms with Crippen molar-refractivity contribution >= 4 is 22.9 Å². The first-order valence-electron chi connectivity index (χ1n) is 4.83. The standard InChI is InChI=1S/C11H12ClN3S/c1-7-4-9(6-16-7)11(15-13)8-2-3-14-10(12)5-8/h2-6,11,15H,13H2,1H3. The zero-order valence-corrected chi connectivity index (χ0v) is 10.3. The highest BCUT2D eigenvalue weighted by atomic mass is 35.5. The molecule has 0 saturated carbocycles. The summed E-state index contributed by atoms with van der Waals surface area (Å²) in [5, 5.41) is 2.57. The molecule has 0 spiro atoms. The summed E-state index contributed by atoms with van der Waals surface area (Å²) in [7, 11) is 0. The fourth-order valence-corrected chi connectivity index (χ4v) is 2.51. The van der Waals surface area contributed by atoms with Gasteiger partial charge in [0.2, 0.25) is 0 Å². The highest BCUT2D eigenvalue weighted by Crippen LogP contribution is 2.26. The number of hydrogen-bond acceptors (Lipinski definition) is 4. The number of nitrogens with zero attached hydrogens (tertiary/aromatic N) is 1. The largest absolute Gasteiger partial charge is 0.271 e. The van der Waals surface area contributed by atoms with E-state index in [1.807, 2.05) is 12.1 Å². The van der Waals surface area contributed by atoms with Gasteiger partial charge in [0, 0.05) is 11.1 Å². The van der Waals surface area contributed by atoms with Crippen LogP contribution in [0, 0.1) is 6.92 Å². The van der Waals surface area contributed by atoms with E-state index in [4.69, 9.17) is 17.4 Å². The number of nitrogens with one attached hydrogen (secondary N) is 1. The van der Waals surface area contributed by atoms with Gasteiger partial charge < -0.3 is 0 Å². The molecule has 84 valence electrons. The minimum Gasteiger partial charge on any atom is -0.271 e. The molecule has 5 heteroatoms. The van der Waals surface area contributed by atoms with Crippen LogP contribution < -0.4 is 11.3 Å². The van der Waals surface area contributed by atoms with Crippen LogP contribution in [0.3, 0.4) is 0 Å². The lowest BCUT2D eigenvalue weighted by molar-refractivity contribution is 0.638. The fourth-order valence-electron chi connectivity index (χ4n) is 1.60. The Morgan fingerprint density at radius 1 is 1.44 bits per heavy atom. The summed E-state index contributed by atoms with van der Waals surface area (Å²) < 4.78 is 0. The Morgan fingerprint density at radius 2 is 2.25 bits per heavy atom. The van der Waals surface area contributed by atoms with Gasteiger partial charge >= 0.3 is 0 Å². The second kappa shape index (κ2) is 4.93. The third-order valence-corrected chi connectivity index (χ3v) is 3.42. The van der Waals surface area contributed by atoms with Gasteiger partial charge in [0.1, 0.15) is 5.15 Å². The number of aryl methyl sites for hydroxylation is 1. The van der Waals surface area contributed by atoms with E-state index in [2.05, 4.69) is 28.8 Å². The average molecular weight is 254 g/mol. The van der Waals surface area contributed by atoms with E-state index < -0.39 is 0 Å². The summed E-state index contributed by atoms with van der Waals surface area (Å²) in [6.07, 6.45) is 1.68. The maximum absolute atomic E-state index is 5.86. The van der Waals surface area contributed by atoms with Crippen LogP contribution in [0.5, 0.6) is 0 Å². The van der Waals surface area contributed by atoms with Gasteiger partial charge in [-0.1, -0.05) is 11.6 Å². The van der Waals surface area contributed by atoms with Gasteiger partial charge in [-0.05, 0) is 41.6 Å². The van der Waals surface area contributed by atoms with Crippen LogP contribution in [0.4, 0.5) is 0 Å². The summed E-state index contributed by atoms with van der Waals surface area (Å²) in [6, 6.07) is 5.80. The molecule has 3 nitrogen and oxygen atoms in total. The number of halogens is 1. The number of hydrazine groups is 1. The molecular weight excluding hydrogens is 242 g/mol. The van der Waals surface area contributed by atoms with Crippen molar-refractivity contribution in [2.45, 2.75) is 13.0 Å². The quantitative estimate of drug-likeness (QED) is 0.502. The van der Waals surface area contributed by atoms with Gasteiger partial charge in [-0.15, -0.1) is 11.3 Å². The van der Waals surface area contributed by atoms with Crippen molar-refractivity contribution in [3.05, 3.63) is 50.9 Å². The number of hydrogen-bond donors (Lipinski definition) is 2. The third-order valence-electron chi connectivity index (χ3n) is 2.33. The Morgan fingerprint density at radius 3 is 2.81 bits per heavy atom. The molecule has 0 saturated heterocycles. The normalized spacial score (nSPS) is 12.7. The van der Waals surface area contributed by atoms with Gasteiger partial charge in [-0.3, -0.25) is 5.84 Å². The van der Waals surface area contributed by atoms with Crippen LogP contribution in [0.15, 0.2) is 29.8 Å². The molecular formula is C11H12ClN3S. The van der Waals surface area contributed by atoms with Crippen molar-refractivity contribution in [3.63, 3.8) is 0 Å². The smallest absolute Gasteiger partial charge is 0.129 e. The Hall–Kier alpha value is -0.940. The number of rotatable bonds is 3. The SMILES string of the molecule is Cc1cc(C(NN)c2ccnc(Cl)c2)cs1. The summed E-state index contributed by atoms with van der Waals surface area (Å²) >= 11 is 7.56. The number of aromatic nitrogens is 1. The van der Waals surface area contributed by atoms with Crippen molar-refractivity contribution in [2.24, 2.45) is 5.84 Å². The zero-order chi connectivity index (χ0) is 11.5. The molecule has 3 N–H and O–H groups in total. The predicted octanol–water partition coefficient (Wildman–Crippen LogP) is 2.66. The van der Waals surface area contributed by atoms with Crippen LogP contribution in [0.1, 0.15) is 22.0 Å². The van der Waals surface area contributed by atoms with E-state index >= 15 is 0 Å². The minimum atomic E-state index is -0.0366. The Labute approximate surface area is 103 Å². The molecule has 2 aromatic rings. The topological polar surface area (TPSA) is 50.9 Å². The molecule has 2 heterocycles. The number of pyridine rings is 1. The monoisotopic (exact) mass is 253 g/mol. The molecule has 2 rings (SSSR count). The van der Waals surface area contributed by atoms with Gasteiger partial charge in [-0.25, -0.2) is 10.4 Å². The third kappa shape index (κ3) is 2.41. The van der Waals surface area contributed by atoms with Crippen LogP contribution in [0.2, 0.25) is 5.15 Å². The van der Waals surface area contributed by atoms with Gasteiger partial charge in [-0.2, -0.15) is 0 Å². The minimum absolute atomic E-state index is 0.0366. The molecule has 0 aliphatic heterocycles. The lowest BCUT2D eigenvalue weighted by Crippen LogP contribution is -2.28. The van der Waals surface area contributed by atoms with Crippen LogP contribution in [-0.2, 0) is 0 Å². The molecule has 2 aromatic heterocycles. The summed E-state index contributed by atoms with van der Waals surface area (Å²) in [5.41, 5.74) is 4.96. The molecule has 16 heavy (non-hydrogen) atoms. The molecule has 1 unspecified atom stereocenters. The van der Waals surface area contributed by atoms with Crippen LogP contribution >= 0.6 is 22.9 Å². The van der Waals surface area contributed by atoms with Crippen LogP contribution in [-0.4, -0.2) is 4.98 Å². The Balaban J connectivity index is 2.36. The van der Waals surface area contributed by atoms with Gasteiger partial charge in [0.25, 0.3) is 0 Å². The van der Waals surface area contributed by atoms with Gasteiger partial charge in [0.05, 0.1) is 6.04 Å². The van der Waals surface area contributed by atoms with E-state index in [1.165, 1.54) is 4.88 Å². The Bertz CT molecular complexity index is 484. The molecule has 0 aliphatic carbocycles. The number of thiophene rings is 1. The van der Waals surface area contributed by atoms with Crippen molar-refractivity contribution in [1.29, 1.82) is 0 Å². The molecule has 0 radical (unpaired) electrons. The van der Waals surface area contributed by atoms with Crippen molar-refractivity contribution in [1.82, 2.24) is 10.4 Å². The van der Waals surface area contributed by atoms with E-state index in [9.17, 15) is 0 Å². The summed E-state index contributed by atoms with van der Waals surface area (Å²) in [4.78, 5) is 5.21. The second-order valence-corrected chi connectivity index (χ2v) is 5.00. The van der Waals surface area contributed by atoms with E-state index in [1.54, 1.807) is 17.5 Å². The molecule has 0 amide bonds. The van der Waals surface area contributed by atoms with E-state index in [-0.39, 0.29) is 6.04 Å². The zero-order valence-electron chi connectivity index (χ0n) is 8.77. The molecule has 0 fully saturated rings. The van der Waals surface area contributed by atoms with E-state index in [0.29, 0.717) is 5.15 Å². The summed E-state index contributed by atoms with van der Waals surface area (Å²) in [5.74, 6) is 5.59.